The Balaban J connectivity index is 1.85. The average molecular weight is 233 g/mol. The first-order valence-electron chi connectivity index (χ1n) is 6.16. The fourth-order valence-corrected chi connectivity index (χ4v) is 2.27. The largest absolute Gasteiger partial charge is 0.352 e. The minimum Gasteiger partial charge on any atom is -0.352 e. The summed E-state index contributed by atoms with van der Waals surface area (Å²) in [6.45, 7) is 4.43. The van der Waals surface area contributed by atoms with Gasteiger partial charge in [0.1, 0.15) is 0 Å². The minimum absolute atomic E-state index is 0.0210. The first-order valence-corrected chi connectivity index (χ1v) is 6.16. The van der Waals surface area contributed by atoms with Gasteiger partial charge in [0.25, 0.3) is 5.91 Å². The highest BCUT2D eigenvalue weighted by Gasteiger charge is 2.14. The van der Waals surface area contributed by atoms with Crippen LogP contribution in [-0.2, 0) is 0 Å². The lowest BCUT2D eigenvalue weighted by molar-refractivity contribution is 0.0953. The molecule has 4 heteroatoms. The van der Waals surface area contributed by atoms with Crippen LogP contribution in [0.1, 0.15) is 47.4 Å². The van der Waals surface area contributed by atoms with Crippen LogP contribution in [0.3, 0.4) is 0 Å². The van der Waals surface area contributed by atoms with E-state index >= 15 is 0 Å². The van der Waals surface area contributed by atoms with E-state index in [0.29, 0.717) is 12.1 Å². The standard InChI is InChI=1S/C13H19N3O/c1-9-12(10(2)16-15-9)13(17)14-8-7-11-5-3-4-6-11/h5H,3-4,6-8H2,1-2H3,(H,14,17)(H,15,16). The molecule has 1 amide bonds. The second kappa shape index (κ2) is 5.17. The highest BCUT2D eigenvalue weighted by molar-refractivity contribution is 5.96. The topological polar surface area (TPSA) is 57.8 Å². The maximum atomic E-state index is 11.9. The number of hydrogen-bond donors (Lipinski definition) is 2. The molecular formula is C13H19N3O. The third-order valence-corrected chi connectivity index (χ3v) is 3.22. The van der Waals surface area contributed by atoms with Crippen LogP contribution in [0.25, 0.3) is 0 Å². The minimum atomic E-state index is -0.0210. The molecule has 1 aromatic rings. The lowest BCUT2D eigenvalue weighted by atomic mass is 10.1. The highest BCUT2D eigenvalue weighted by atomic mass is 16.1. The van der Waals surface area contributed by atoms with Gasteiger partial charge < -0.3 is 5.32 Å². The molecule has 1 aliphatic rings. The van der Waals surface area contributed by atoms with Gasteiger partial charge in [-0.2, -0.15) is 5.10 Å². The van der Waals surface area contributed by atoms with Crippen molar-refractivity contribution in [3.8, 4) is 0 Å². The predicted octanol–water partition coefficient (Wildman–Crippen LogP) is 2.26. The number of nitrogens with one attached hydrogen (secondary N) is 2. The Hall–Kier alpha value is -1.58. The summed E-state index contributed by atoms with van der Waals surface area (Å²) in [5, 5.41) is 9.81. The van der Waals surface area contributed by atoms with Crippen molar-refractivity contribution in [2.24, 2.45) is 0 Å². The molecule has 0 bridgehead atoms. The fourth-order valence-electron chi connectivity index (χ4n) is 2.27. The van der Waals surface area contributed by atoms with E-state index in [0.717, 1.165) is 17.8 Å². The van der Waals surface area contributed by atoms with E-state index in [2.05, 4.69) is 21.6 Å². The number of allylic oxidation sites excluding steroid dienone is 1. The monoisotopic (exact) mass is 233 g/mol. The molecule has 0 saturated heterocycles. The van der Waals surface area contributed by atoms with Crippen molar-refractivity contribution >= 4 is 5.91 Å². The second-order valence-electron chi connectivity index (χ2n) is 4.57. The van der Waals surface area contributed by atoms with Crippen molar-refractivity contribution < 1.29 is 4.79 Å². The summed E-state index contributed by atoms with van der Waals surface area (Å²) in [4.78, 5) is 11.9. The molecule has 0 aromatic carbocycles. The van der Waals surface area contributed by atoms with Crippen LogP contribution in [0.15, 0.2) is 11.6 Å². The summed E-state index contributed by atoms with van der Waals surface area (Å²) in [5.74, 6) is -0.0210. The van der Waals surface area contributed by atoms with Crippen molar-refractivity contribution in [2.45, 2.75) is 39.5 Å². The third-order valence-electron chi connectivity index (χ3n) is 3.22. The van der Waals surface area contributed by atoms with E-state index in [1.807, 2.05) is 13.8 Å². The van der Waals surface area contributed by atoms with Gasteiger partial charge in [0.15, 0.2) is 0 Å². The number of hydrogen-bond acceptors (Lipinski definition) is 2. The third kappa shape index (κ3) is 2.75. The summed E-state index contributed by atoms with van der Waals surface area (Å²) in [5.41, 5.74) is 3.76. The zero-order valence-corrected chi connectivity index (χ0v) is 10.5. The lowest BCUT2D eigenvalue weighted by Crippen LogP contribution is -2.25. The molecule has 0 atom stereocenters. The quantitative estimate of drug-likeness (QED) is 0.784. The maximum Gasteiger partial charge on any atom is 0.255 e. The molecule has 92 valence electrons. The second-order valence-corrected chi connectivity index (χ2v) is 4.57. The molecule has 0 aliphatic heterocycles. The number of H-pyrrole nitrogens is 1. The Kier molecular flexibility index (Phi) is 3.61. The first kappa shape index (κ1) is 11.9. The van der Waals surface area contributed by atoms with Crippen molar-refractivity contribution in [1.82, 2.24) is 15.5 Å². The molecule has 1 aliphatic carbocycles. The predicted molar refractivity (Wildman–Crippen MR) is 66.9 cm³/mol. The lowest BCUT2D eigenvalue weighted by Gasteiger charge is -2.05. The number of rotatable bonds is 4. The molecule has 0 radical (unpaired) electrons. The van der Waals surface area contributed by atoms with Crippen molar-refractivity contribution in [3.05, 3.63) is 28.6 Å². The van der Waals surface area contributed by atoms with E-state index in [-0.39, 0.29) is 5.91 Å². The molecule has 4 nitrogen and oxygen atoms in total. The number of carbonyl (C=O) groups excluding carboxylic acids is 1. The van der Waals surface area contributed by atoms with E-state index in [1.54, 1.807) is 0 Å². The van der Waals surface area contributed by atoms with Gasteiger partial charge in [-0.15, -0.1) is 0 Å². The van der Waals surface area contributed by atoms with Crippen molar-refractivity contribution in [1.29, 1.82) is 0 Å². The van der Waals surface area contributed by atoms with Crippen LogP contribution in [0.4, 0.5) is 0 Å². The number of amides is 1. The molecule has 2 N–H and O–H groups in total. The molecule has 1 heterocycles. The summed E-state index contributed by atoms with van der Waals surface area (Å²) in [7, 11) is 0. The molecular weight excluding hydrogens is 214 g/mol. The van der Waals surface area contributed by atoms with Gasteiger partial charge in [-0.3, -0.25) is 9.89 Å². The summed E-state index contributed by atoms with van der Waals surface area (Å²) in [6, 6.07) is 0. The summed E-state index contributed by atoms with van der Waals surface area (Å²) >= 11 is 0. The normalized spacial score (nSPS) is 14.8. The number of carbonyl (C=O) groups is 1. The Labute approximate surface area is 101 Å². The maximum absolute atomic E-state index is 11.9. The van der Waals surface area contributed by atoms with Gasteiger partial charge in [0.05, 0.1) is 11.3 Å². The van der Waals surface area contributed by atoms with E-state index in [9.17, 15) is 4.79 Å². The highest BCUT2D eigenvalue weighted by Crippen LogP contribution is 2.19. The van der Waals surface area contributed by atoms with Crippen LogP contribution in [-0.4, -0.2) is 22.6 Å². The van der Waals surface area contributed by atoms with Crippen molar-refractivity contribution in [2.75, 3.05) is 6.54 Å². The van der Waals surface area contributed by atoms with Gasteiger partial charge >= 0.3 is 0 Å². The van der Waals surface area contributed by atoms with E-state index in [4.69, 9.17) is 0 Å². The van der Waals surface area contributed by atoms with Gasteiger partial charge in [0, 0.05) is 12.2 Å². The SMILES string of the molecule is Cc1n[nH]c(C)c1C(=O)NCCC1=CCCC1. The van der Waals surface area contributed by atoms with Gasteiger partial charge in [-0.1, -0.05) is 11.6 Å². The zero-order chi connectivity index (χ0) is 12.3. The molecule has 0 unspecified atom stereocenters. The molecule has 0 saturated carbocycles. The molecule has 17 heavy (non-hydrogen) atoms. The Bertz CT molecular complexity index is 426. The number of nitrogens with zero attached hydrogens (tertiary/aromatic N) is 1. The average Bonchev–Trinajstić information content (AvgIpc) is 2.89. The smallest absolute Gasteiger partial charge is 0.255 e. The molecule has 0 fully saturated rings. The Morgan fingerprint density at radius 1 is 1.53 bits per heavy atom. The van der Waals surface area contributed by atoms with Crippen LogP contribution in [0.2, 0.25) is 0 Å². The van der Waals surface area contributed by atoms with Crippen LogP contribution < -0.4 is 5.32 Å². The van der Waals surface area contributed by atoms with Gasteiger partial charge in [-0.25, -0.2) is 0 Å². The molecule has 2 rings (SSSR count). The number of aromatic amines is 1. The van der Waals surface area contributed by atoms with Crippen LogP contribution in [0, 0.1) is 13.8 Å². The summed E-state index contributed by atoms with van der Waals surface area (Å²) in [6.07, 6.45) is 6.92. The molecule has 0 spiro atoms. The number of aryl methyl sites for hydroxylation is 2. The Morgan fingerprint density at radius 2 is 2.35 bits per heavy atom. The van der Waals surface area contributed by atoms with Crippen LogP contribution in [0.5, 0.6) is 0 Å². The van der Waals surface area contributed by atoms with Crippen LogP contribution >= 0.6 is 0 Å². The van der Waals surface area contributed by atoms with Gasteiger partial charge in [0.2, 0.25) is 0 Å². The molecule has 1 aromatic heterocycles. The van der Waals surface area contributed by atoms with E-state index < -0.39 is 0 Å². The van der Waals surface area contributed by atoms with Crippen molar-refractivity contribution in [3.63, 3.8) is 0 Å². The number of aromatic nitrogens is 2. The summed E-state index contributed by atoms with van der Waals surface area (Å²) < 4.78 is 0. The fraction of sp³-hybridized carbons (Fsp3) is 0.538. The first-order chi connectivity index (χ1) is 8.18. The van der Waals surface area contributed by atoms with E-state index in [1.165, 1.54) is 24.8 Å². The van der Waals surface area contributed by atoms with Gasteiger partial charge in [-0.05, 0) is 39.5 Å². The zero-order valence-electron chi connectivity index (χ0n) is 10.5. The Morgan fingerprint density at radius 3 is 2.94 bits per heavy atom.